The summed E-state index contributed by atoms with van der Waals surface area (Å²) in [4.78, 5) is 36.3. The maximum absolute atomic E-state index is 12.2. The van der Waals surface area contributed by atoms with Gasteiger partial charge < -0.3 is 14.8 Å². The number of thiophene rings is 1. The van der Waals surface area contributed by atoms with Gasteiger partial charge in [-0.15, -0.1) is 11.3 Å². The maximum atomic E-state index is 12.2. The second kappa shape index (κ2) is 8.67. The van der Waals surface area contributed by atoms with Crippen molar-refractivity contribution in [3.8, 4) is 0 Å². The number of nitrogens with one attached hydrogen (secondary N) is 1. The van der Waals surface area contributed by atoms with Crippen LogP contribution in [0.2, 0.25) is 0 Å². The van der Waals surface area contributed by atoms with Crippen molar-refractivity contribution in [3.05, 3.63) is 16.0 Å². The Kier molecular flexibility index (Phi) is 7.22. The Balaban J connectivity index is 3.17. The number of carbonyl (C=O) groups is 3. The zero-order valence-electron chi connectivity index (χ0n) is 14.1. The number of rotatable bonds is 7. The second-order valence-corrected chi connectivity index (χ2v) is 6.40. The summed E-state index contributed by atoms with van der Waals surface area (Å²) in [6, 6.07) is 0. The van der Waals surface area contributed by atoms with Crippen molar-refractivity contribution in [1.29, 1.82) is 0 Å². The molecule has 1 heterocycles. The molecule has 6 nitrogen and oxygen atoms in total. The molecule has 0 aliphatic rings. The van der Waals surface area contributed by atoms with Gasteiger partial charge in [0.25, 0.3) is 0 Å². The van der Waals surface area contributed by atoms with Crippen molar-refractivity contribution in [2.75, 3.05) is 18.5 Å². The van der Waals surface area contributed by atoms with Gasteiger partial charge in [0, 0.05) is 6.42 Å². The van der Waals surface area contributed by atoms with Gasteiger partial charge in [0.2, 0.25) is 5.91 Å². The summed E-state index contributed by atoms with van der Waals surface area (Å²) in [5.41, 5.74) is 0.684. The summed E-state index contributed by atoms with van der Waals surface area (Å²) in [7, 11) is 0. The standard InChI is InChI=1S/C16H23NO5S/c1-6-11(18)17-14-12(15(19)21-7-2)10(5)13(23-14)16(20)22-8-9(3)4/h9H,6-8H2,1-5H3,(H,17,18). The van der Waals surface area contributed by atoms with Crippen LogP contribution in [0.1, 0.15) is 59.7 Å². The minimum absolute atomic E-state index is 0.211. The van der Waals surface area contributed by atoms with E-state index in [9.17, 15) is 14.4 Å². The zero-order valence-corrected chi connectivity index (χ0v) is 15.0. The molecule has 23 heavy (non-hydrogen) atoms. The van der Waals surface area contributed by atoms with E-state index in [-0.39, 0.29) is 30.4 Å². The fraction of sp³-hybridized carbons (Fsp3) is 0.562. The average molecular weight is 341 g/mol. The Labute approximate surface area is 140 Å². The van der Waals surface area contributed by atoms with Crippen molar-refractivity contribution in [2.45, 2.75) is 41.0 Å². The zero-order chi connectivity index (χ0) is 17.6. The number of ether oxygens (including phenoxy) is 2. The molecule has 1 amide bonds. The molecule has 128 valence electrons. The predicted molar refractivity (Wildman–Crippen MR) is 89.1 cm³/mol. The van der Waals surface area contributed by atoms with E-state index in [0.717, 1.165) is 11.3 Å². The minimum Gasteiger partial charge on any atom is -0.462 e. The topological polar surface area (TPSA) is 81.7 Å². The summed E-state index contributed by atoms with van der Waals surface area (Å²) in [6.07, 6.45) is 0.270. The lowest BCUT2D eigenvalue weighted by molar-refractivity contribution is -0.115. The molecule has 1 aromatic rings. The summed E-state index contributed by atoms with van der Waals surface area (Å²) >= 11 is 1.04. The summed E-state index contributed by atoms with van der Waals surface area (Å²) < 4.78 is 10.2. The Morgan fingerprint density at radius 3 is 2.30 bits per heavy atom. The number of esters is 2. The molecule has 0 radical (unpaired) electrons. The van der Waals surface area contributed by atoms with Gasteiger partial charge in [0.05, 0.1) is 18.8 Å². The van der Waals surface area contributed by atoms with Gasteiger partial charge in [0.15, 0.2) is 0 Å². The van der Waals surface area contributed by atoms with Gasteiger partial charge in [0.1, 0.15) is 9.88 Å². The molecule has 0 aliphatic carbocycles. The molecule has 1 aromatic heterocycles. The molecule has 0 aliphatic heterocycles. The molecule has 0 aromatic carbocycles. The predicted octanol–water partition coefficient (Wildman–Crippen LogP) is 3.39. The number of hydrogen-bond donors (Lipinski definition) is 1. The SMILES string of the molecule is CCOC(=O)c1c(NC(=O)CC)sc(C(=O)OCC(C)C)c1C. The summed E-state index contributed by atoms with van der Waals surface area (Å²) in [5, 5.41) is 2.97. The number of anilines is 1. The molecule has 1 N–H and O–H groups in total. The van der Waals surface area contributed by atoms with Crippen LogP contribution in [0.15, 0.2) is 0 Å². The first-order chi connectivity index (χ1) is 10.8. The third-order valence-electron chi connectivity index (χ3n) is 2.93. The number of carbonyl (C=O) groups excluding carboxylic acids is 3. The first-order valence-corrected chi connectivity index (χ1v) is 8.40. The van der Waals surface area contributed by atoms with E-state index in [1.54, 1.807) is 20.8 Å². The average Bonchev–Trinajstić information content (AvgIpc) is 2.81. The first kappa shape index (κ1) is 19.2. The van der Waals surface area contributed by atoms with Crippen LogP contribution in [0.5, 0.6) is 0 Å². The minimum atomic E-state index is -0.560. The van der Waals surface area contributed by atoms with Crippen LogP contribution in [-0.2, 0) is 14.3 Å². The monoisotopic (exact) mass is 341 g/mol. The maximum Gasteiger partial charge on any atom is 0.348 e. The second-order valence-electron chi connectivity index (χ2n) is 5.37. The van der Waals surface area contributed by atoms with Crippen molar-refractivity contribution < 1.29 is 23.9 Å². The lowest BCUT2D eigenvalue weighted by Crippen LogP contribution is -2.13. The van der Waals surface area contributed by atoms with Gasteiger partial charge in [-0.3, -0.25) is 4.79 Å². The first-order valence-electron chi connectivity index (χ1n) is 7.59. The van der Waals surface area contributed by atoms with E-state index < -0.39 is 11.9 Å². The lowest BCUT2D eigenvalue weighted by Gasteiger charge is -2.07. The van der Waals surface area contributed by atoms with E-state index in [0.29, 0.717) is 22.0 Å². The van der Waals surface area contributed by atoms with E-state index >= 15 is 0 Å². The van der Waals surface area contributed by atoms with Crippen LogP contribution in [0.25, 0.3) is 0 Å². The smallest absolute Gasteiger partial charge is 0.348 e. The largest absolute Gasteiger partial charge is 0.462 e. The fourth-order valence-corrected chi connectivity index (χ4v) is 2.87. The highest BCUT2D eigenvalue weighted by molar-refractivity contribution is 7.18. The van der Waals surface area contributed by atoms with Gasteiger partial charge >= 0.3 is 11.9 Å². The van der Waals surface area contributed by atoms with Crippen LogP contribution in [0, 0.1) is 12.8 Å². The van der Waals surface area contributed by atoms with Gasteiger partial charge in [-0.25, -0.2) is 9.59 Å². The van der Waals surface area contributed by atoms with Crippen LogP contribution in [0.3, 0.4) is 0 Å². The molecular weight excluding hydrogens is 318 g/mol. The molecule has 0 spiro atoms. The molecule has 0 bridgehead atoms. The normalized spacial score (nSPS) is 10.5. The highest BCUT2D eigenvalue weighted by Gasteiger charge is 2.27. The van der Waals surface area contributed by atoms with Crippen molar-refractivity contribution >= 4 is 34.2 Å². The van der Waals surface area contributed by atoms with Gasteiger partial charge in [-0.1, -0.05) is 20.8 Å². The van der Waals surface area contributed by atoms with E-state index in [2.05, 4.69) is 5.32 Å². The van der Waals surface area contributed by atoms with Crippen molar-refractivity contribution in [1.82, 2.24) is 0 Å². The van der Waals surface area contributed by atoms with Gasteiger partial charge in [-0.2, -0.15) is 0 Å². The molecular formula is C16H23NO5S. The Bertz CT molecular complexity index is 592. The van der Waals surface area contributed by atoms with E-state index in [1.165, 1.54) is 0 Å². The van der Waals surface area contributed by atoms with Gasteiger partial charge in [-0.05, 0) is 25.3 Å². The summed E-state index contributed by atoms with van der Waals surface area (Å²) in [6.45, 7) is 9.43. The lowest BCUT2D eigenvalue weighted by atomic mass is 10.1. The Hall–Kier alpha value is -1.89. The molecule has 0 saturated carbocycles. The van der Waals surface area contributed by atoms with Crippen molar-refractivity contribution in [2.24, 2.45) is 5.92 Å². The Morgan fingerprint density at radius 2 is 1.78 bits per heavy atom. The van der Waals surface area contributed by atoms with Crippen molar-refractivity contribution in [3.63, 3.8) is 0 Å². The molecule has 0 saturated heterocycles. The molecule has 0 atom stereocenters. The molecule has 0 unspecified atom stereocenters. The van der Waals surface area contributed by atoms with E-state index in [4.69, 9.17) is 9.47 Å². The third kappa shape index (κ3) is 5.06. The number of hydrogen-bond acceptors (Lipinski definition) is 6. The van der Waals surface area contributed by atoms with Crippen LogP contribution >= 0.6 is 11.3 Å². The highest BCUT2D eigenvalue weighted by atomic mass is 32.1. The number of amides is 1. The van der Waals surface area contributed by atoms with Crippen LogP contribution in [-0.4, -0.2) is 31.1 Å². The Morgan fingerprint density at radius 1 is 1.13 bits per heavy atom. The van der Waals surface area contributed by atoms with Crippen LogP contribution < -0.4 is 5.32 Å². The fourth-order valence-electron chi connectivity index (χ4n) is 1.77. The molecule has 7 heteroatoms. The highest BCUT2D eigenvalue weighted by Crippen LogP contribution is 2.34. The third-order valence-corrected chi connectivity index (χ3v) is 4.12. The quantitative estimate of drug-likeness (QED) is 0.769. The molecule has 1 rings (SSSR count). The van der Waals surface area contributed by atoms with Crippen LogP contribution in [0.4, 0.5) is 5.00 Å². The summed E-state index contributed by atoms with van der Waals surface area (Å²) in [5.74, 6) is -1.08. The van der Waals surface area contributed by atoms with E-state index in [1.807, 2.05) is 13.8 Å². The molecule has 0 fully saturated rings.